The highest BCUT2D eigenvalue weighted by Gasteiger charge is 2.19. The molecule has 7 nitrogen and oxygen atoms in total. The van der Waals surface area contributed by atoms with Gasteiger partial charge in [-0.25, -0.2) is 4.52 Å². The molecule has 1 fully saturated rings. The molecule has 1 amide bonds. The Morgan fingerprint density at radius 1 is 1.16 bits per heavy atom. The lowest BCUT2D eigenvalue weighted by atomic mass is 10.1. The fourth-order valence-electron chi connectivity index (χ4n) is 3.02. The summed E-state index contributed by atoms with van der Waals surface area (Å²) in [5.41, 5.74) is 2.02. The fraction of sp³-hybridized carbons (Fsp3) is 0.278. The van der Waals surface area contributed by atoms with Crippen molar-refractivity contribution < 1.29 is 4.79 Å². The molecule has 3 aromatic rings. The summed E-state index contributed by atoms with van der Waals surface area (Å²) in [6.45, 7) is 1.82. The van der Waals surface area contributed by atoms with Crippen LogP contribution in [0.25, 0.3) is 5.65 Å². The monoisotopic (exact) mass is 336 g/mol. The number of fused-ring (bicyclic) bond motifs is 1. The van der Waals surface area contributed by atoms with Gasteiger partial charge >= 0.3 is 0 Å². The van der Waals surface area contributed by atoms with E-state index in [0.29, 0.717) is 17.3 Å². The average molecular weight is 336 g/mol. The van der Waals surface area contributed by atoms with Crippen LogP contribution in [0.4, 0.5) is 11.6 Å². The van der Waals surface area contributed by atoms with Gasteiger partial charge < -0.3 is 16.0 Å². The standard InChI is InChI=1S/C18H20N6O/c25-17(20-14-8-5-11-19-12-14)15-9-4-10-16-22-18(23-24(15)16)21-13-6-2-1-3-7-13/h1-4,6-7,9-10,14,19H,5,8,11-12H2,(H,20,25)(H,21,23)/t14-/m0/s1. The van der Waals surface area contributed by atoms with Gasteiger partial charge in [-0.1, -0.05) is 24.3 Å². The third-order valence-corrected chi connectivity index (χ3v) is 4.25. The van der Waals surface area contributed by atoms with Crippen LogP contribution in [-0.4, -0.2) is 39.6 Å². The van der Waals surface area contributed by atoms with Gasteiger partial charge in [0.05, 0.1) is 0 Å². The third kappa shape index (κ3) is 3.46. The molecule has 0 unspecified atom stereocenters. The van der Waals surface area contributed by atoms with Gasteiger partial charge in [-0.3, -0.25) is 4.79 Å². The molecule has 3 N–H and O–H groups in total. The Hall–Kier alpha value is -2.93. The van der Waals surface area contributed by atoms with E-state index < -0.39 is 0 Å². The molecule has 128 valence electrons. The van der Waals surface area contributed by atoms with E-state index in [1.807, 2.05) is 42.5 Å². The molecule has 1 aromatic carbocycles. The van der Waals surface area contributed by atoms with Gasteiger partial charge in [-0.05, 0) is 43.7 Å². The predicted octanol–water partition coefficient (Wildman–Crippen LogP) is 1.95. The lowest BCUT2D eigenvalue weighted by Gasteiger charge is -2.23. The Morgan fingerprint density at radius 3 is 2.84 bits per heavy atom. The topological polar surface area (TPSA) is 83.3 Å². The smallest absolute Gasteiger partial charge is 0.270 e. The molecule has 3 heterocycles. The van der Waals surface area contributed by atoms with Crippen molar-refractivity contribution >= 4 is 23.2 Å². The minimum absolute atomic E-state index is 0.129. The van der Waals surface area contributed by atoms with E-state index in [1.165, 1.54) is 0 Å². The SMILES string of the molecule is O=C(N[C@H]1CCCNC1)c1cccc2nc(Nc3ccccc3)nn12. The van der Waals surface area contributed by atoms with Crippen LogP contribution >= 0.6 is 0 Å². The van der Waals surface area contributed by atoms with E-state index in [-0.39, 0.29) is 11.9 Å². The molecular weight excluding hydrogens is 316 g/mol. The van der Waals surface area contributed by atoms with Gasteiger partial charge in [-0.15, -0.1) is 5.10 Å². The highest BCUT2D eigenvalue weighted by atomic mass is 16.2. The van der Waals surface area contributed by atoms with Gasteiger partial charge in [0.2, 0.25) is 5.95 Å². The van der Waals surface area contributed by atoms with Gasteiger partial charge in [0.15, 0.2) is 5.65 Å². The summed E-state index contributed by atoms with van der Waals surface area (Å²) in [5.74, 6) is 0.334. The largest absolute Gasteiger partial charge is 0.347 e. The quantitative estimate of drug-likeness (QED) is 0.678. The van der Waals surface area contributed by atoms with Crippen LogP contribution in [0.5, 0.6) is 0 Å². The summed E-state index contributed by atoms with van der Waals surface area (Å²) in [7, 11) is 0. The molecule has 1 aliphatic heterocycles. The van der Waals surface area contributed by atoms with Crippen molar-refractivity contribution in [3.05, 3.63) is 54.2 Å². The van der Waals surface area contributed by atoms with Gasteiger partial charge in [0, 0.05) is 18.3 Å². The number of rotatable bonds is 4. The van der Waals surface area contributed by atoms with Crippen molar-refractivity contribution in [1.29, 1.82) is 0 Å². The Bertz CT molecular complexity index is 870. The number of hydrogen-bond acceptors (Lipinski definition) is 5. The molecule has 0 aliphatic carbocycles. The average Bonchev–Trinajstić information content (AvgIpc) is 3.05. The van der Waals surface area contributed by atoms with Crippen molar-refractivity contribution in [2.45, 2.75) is 18.9 Å². The molecule has 7 heteroatoms. The molecule has 1 aliphatic rings. The summed E-state index contributed by atoms with van der Waals surface area (Å²) in [5, 5.41) is 14.0. The molecule has 0 spiro atoms. The number of para-hydroxylation sites is 1. The number of amides is 1. The zero-order valence-electron chi connectivity index (χ0n) is 13.8. The zero-order chi connectivity index (χ0) is 17.1. The molecule has 0 radical (unpaired) electrons. The first-order valence-corrected chi connectivity index (χ1v) is 8.49. The van der Waals surface area contributed by atoms with Crippen LogP contribution in [0.1, 0.15) is 23.3 Å². The first-order chi connectivity index (χ1) is 12.3. The number of carbonyl (C=O) groups is 1. The third-order valence-electron chi connectivity index (χ3n) is 4.25. The zero-order valence-corrected chi connectivity index (χ0v) is 13.8. The summed E-state index contributed by atoms with van der Waals surface area (Å²) in [6.07, 6.45) is 2.07. The summed E-state index contributed by atoms with van der Waals surface area (Å²) in [4.78, 5) is 17.1. The van der Waals surface area contributed by atoms with Crippen LogP contribution in [0, 0.1) is 0 Å². The normalized spacial score (nSPS) is 17.4. The number of piperidine rings is 1. The summed E-state index contributed by atoms with van der Waals surface area (Å²) >= 11 is 0. The van der Waals surface area contributed by atoms with Crippen molar-refractivity contribution in [3.63, 3.8) is 0 Å². The first kappa shape index (κ1) is 15.6. The van der Waals surface area contributed by atoms with Crippen molar-refractivity contribution in [3.8, 4) is 0 Å². The maximum Gasteiger partial charge on any atom is 0.270 e. The highest BCUT2D eigenvalue weighted by molar-refractivity contribution is 5.93. The van der Waals surface area contributed by atoms with Crippen LogP contribution in [0.2, 0.25) is 0 Å². The minimum Gasteiger partial charge on any atom is -0.347 e. The Kier molecular flexibility index (Phi) is 4.30. The van der Waals surface area contributed by atoms with Crippen molar-refractivity contribution in [2.75, 3.05) is 18.4 Å². The van der Waals surface area contributed by atoms with Crippen LogP contribution in [-0.2, 0) is 0 Å². The van der Waals surface area contributed by atoms with Crippen molar-refractivity contribution in [1.82, 2.24) is 25.2 Å². The Morgan fingerprint density at radius 2 is 2.04 bits per heavy atom. The minimum atomic E-state index is -0.129. The lowest BCUT2D eigenvalue weighted by molar-refractivity contribution is 0.0923. The van der Waals surface area contributed by atoms with E-state index >= 15 is 0 Å². The molecule has 2 aromatic heterocycles. The second kappa shape index (κ2) is 6.90. The number of pyridine rings is 1. The predicted molar refractivity (Wildman–Crippen MR) is 96.1 cm³/mol. The van der Waals surface area contributed by atoms with Gasteiger partial charge in [0.25, 0.3) is 5.91 Å². The van der Waals surface area contributed by atoms with E-state index in [9.17, 15) is 4.79 Å². The molecular formula is C18H20N6O. The summed E-state index contributed by atoms with van der Waals surface area (Å²) in [6, 6.07) is 15.3. The molecule has 1 atom stereocenters. The highest BCUT2D eigenvalue weighted by Crippen LogP contribution is 2.15. The molecule has 0 bridgehead atoms. The number of nitrogens with one attached hydrogen (secondary N) is 3. The molecule has 0 saturated carbocycles. The van der Waals surface area contributed by atoms with E-state index in [0.717, 1.165) is 31.6 Å². The van der Waals surface area contributed by atoms with Crippen LogP contribution in [0.3, 0.4) is 0 Å². The lowest BCUT2D eigenvalue weighted by Crippen LogP contribution is -2.46. The first-order valence-electron chi connectivity index (χ1n) is 8.49. The maximum absolute atomic E-state index is 12.6. The number of nitrogens with zero attached hydrogens (tertiary/aromatic N) is 3. The Balaban J connectivity index is 1.57. The van der Waals surface area contributed by atoms with Crippen LogP contribution < -0.4 is 16.0 Å². The van der Waals surface area contributed by atoms with Crippen molar-refractivity contribution in [2.24, 2.45) is 0 Å². The van der Waals surface area contributed by atoms with Crippen LogP contribution in [0.15, 0.2) is 48.5 Å². The number of carbonyl (C=O) groups excluding carboxylic acids is 1. The van der Waals surface area contributed by atoms with E-state index in [4.69, 9.17) is 0 Å². The number of benzene rings is 1. The fourth-order valence-corrected chi connectivity index (χ4v) is 3.02. The van der Waals surface area contributed by atoms with E-state index in [2.05, 4.69) is 26.0 Å². The molecule has 4 rings (SSSR count). The second-order valence-electron chi connectivity index (χ2n) is 6.12. The van der Waals surface area contributed by atoms with Gasteiger partial charge in [-0.2, -0.15) is 4.98 Å². The molecule has 1 saturated heterocycles. The second-order valence-corrected chi connectivity index (χ2v) is 6.12. The Labute approximate surface area is 145 Å². The number of aromatic nitrogens is 3. The molecule has 25 heavy (non-hydrogen) atoms. The maximum atomic E-state index is 12.6. The van der Waals surface area contributed by atoms with Gasteiger partial charge in [0.1, 0.15) is 5.69 Å². The number of anilines is 2. The van der Waals surface area contributed by atoms with E-state index in [1.54, 1.807) is 10.6 Å². The summed E-state index contributed by atoms with van der Waals surface area (Å²) < 4.78 is 1.58. The number of hydrogen-bond donors (Lipinski definition) is 3.